The van der Waals surface area contributed by atoms with E-state index >= 15 is 0 Å². The highest BCUT2D eigenvalue weighted by Crippen LogP contribution is 2.36. The van der Waals surface area contributed by atoms with Gasteiger partial charge in [-0.15, -0.1) is 0 Å². The lowest BCUT2D eigenvalue weighted by Crippen LogP contribution is -2.27. The van der Waals surface area contributed by atoms with Gasteiger partial charge in [-0.3, -0.25) is 9.59 Å². The normalized spacial score (nSPS) is 13.3. The number of carbonyl (C=O) groups excluding carboxylic acids is 2. The van der Waals surface area contributed by atoms with Crippen LogP contribution in [0.4, 0.5) is 26.3 Å². The average Bonchev–Trinajstić information content (AvgIpc) is 3.25. The quantitative estimate of drug-likeness (QED) is 0.155. The molecule has 0 saturated heterocycles. The number of aryl methyl sites for hydroxylation is 1. The fourth-order valence-electron chi connectivity index (χ4n) is 4.43. The molecule has 0 radical (unpaired) electrons. The van der Waals surface area contributed by atoms with E-state index in [0.29, 0.717) is 18.6 Å². The Morgan fingerprint density at radius 3 is 2.08 bits per heavy atom. The van der Waals surface area contributed by atoms with Crippen LogP contribution in [-0.4, -0.2) is 42.1 Å². The van der Waals surface area contributed by atoms with Gasteiger partial charge in [-0.05, 0) is 81.7 Å². The molecule has 3 aromatic rings. The number of alkyl halides is 6. The molecule has 1 atom stereocenters. The number of rotatable bonds is 12. The summed E-state index contributed by atoms with van der Waals surface area (Å²) >= 11 is 0. The van der Waals surface area contributed by atoms with Crippen molar-refractivity contribution in [3.8, 4) is 0 Å². The second-order valence-electron chi connectivity index (χ2n) is 9.72. The smallest absolute Gasteiger partial charge is 0.361 e. The minimum atomic E-state index is -4.97. The van der Waals surface area contributed by atoms with Gasteiger partial charge in [0, 0.05) is 29.9 Å². The molecule has 3 rings (SSSR count). The number of aromatic nitrogens is 1. The third kappa shape index (κ3) is 7.93. The average molecular weight is 541 g/mol. The van der Waals surface area contributed by atoms with Crippen LogP contribution < -0.4 is 0 Å². The number of nitrogens with zero attached hydrogens (tertiary/aromatic N) is 1. The highest BCUT2D eigenvalue weighted by molar-refractivity contribution is 6.03. The van der Waals surface area contributed by atoms with Gasteiger partial charge in [0.1, 0.15) is 11.6 Å². The van der Waals surface area contributed by atoms with Crippen molar-refractivity contribution >= 4 is 22.5 Å². The van der Waals surface area contributed by atoms with Crippen LogP contribution in [0.15, 0.2) is 48.7 Å². The molecule has 0 aliphatic rings. The molecule has 2 aromatic carbocycles. The summed E-state index contributed by atoms with van der Waals surface area (Å²) in [4.78, 5) is 31.4. The van der Waals surface area contributed by atoms with Crippen LogP contribution in [0.2, 0.25) is 0 Å². The maximum Gasteiger partial charge on any atom is 0.416 e. The van der Waals surface area contributed by atoms with Gasteiger partial charge in [0.05, 0.1) is 17.0 Å². The Hall–Kier alpha value is -3.14. The Morgan fingerprint density at radius 1 is 0.868 bits per heavy atom. The lowest BCUT2D eigenvalue weighted by atomic mass is 9.86. The first-order valence-corrected chi connectivity index (χ1v) is 12.3. The van der Waals surface area contributed by atoms with E-state index in [9.17, 15) is 35.9 Å². The molecule has 1 heterocycles. The molecular formula is C28H30F6N2O2. The third-order valence-electron chi connectivity index (χ3n) is 6.46. The number of hydrogen-bond donors (Lipinski definition) is 1. The topological polar surface area (TPSA) is 53.2 Å². The van der Waals surface area contributed by atoms with E-state index in [0.717, 1.165) is 29.4 Å². The molecule has 0 aliphatic heterocycles. The van der Waals surface area contributed by atoms with E-state index in [-0.39, 0.29) is 43.1 Å². The molecule has 4 nitrogen and oxygen atoms in total. The molecule has 0 amide bonds. The number of aromatic amines is 1. The zero-order valence-electron chi connectivity index (χ0n) is 21.2. The first kappa shape index (κ1) is 29.4. The summed E-state index contributed by atoms with van der Waals surface area (Å²) in [6.07, 6.45) is -7.35. The zero-order chi connectivity index (χ0) is 28.1. The van der Waals surface area contributed by atoms with Gasteiger partial charge < -0.3 is 9.88 Å². The van der Waals surface area contributed by atoms with Crippen LogP contribution in [0.3, 0.4) is 0 Å². The third-order valence-corrected chi connectivity index (χ3v) is 6.46. The van der Waals surface area contributed by atoms with Gasteiger partial charge in [-0.2, -0.15) is 26.3 Å². The SMILES string of the molecule is CN(C)CCCCC(=O)[C@H](Cc1c[nH]c2ccccc12)C(=O)CCc1cc(C(F)(F)F)cc(C(F)(F)F)c1. The number of unbranched alkanes of at least 4 members (excludes halogenated alkanes) is 1. The molecule has 10 heteroatoms. The van der Waals surface area contributed by atoms with Crippen LogP contribution in [0.1, 0.15) is 47.9 Å². The molecule has 0 saturated carbocycles. The van der Waals surface area contributed by atoms with E-state index < -0.39 is 35.2 Å². The Kier molecular flexibility index (Phi) is 9.40. The maximum absolute atomic E-state index is 13.2. The lowest BCUT2D eigenvalue weighted by Gasteiger charge is -2.17. The summed E-state index contributed by atoms with van der Waals surface area (Å²) in [6, 6.07) is 8.68. The fraction of sp³-hybridized carbons (Fsp3) is 0.429. The number of Topliss-reactive ketones (excluding diaryl/α,β-unsaturated/α-hetero) is 2. The number of carbonyl (C=O) groups is 2. The fourth-order valence-corrected chi connectivity index (χ4v) is 4.43. The van der Waals surface area contributed by atoms with Gasteiger partial charge >= 0.3 is 12.4 Å². The predicted octanol–water partition coefficient (Wildman–Crippen LogP) is 6.87. The van der Waals surface area contributed by atoms with Gasteiger partial charge in [0.15, 0.2) is 0 Å². The van der Waals surface area contributed by atoms with Crippen molar-refractivity contribution in [1.29, 1.82) is 0 Å². The summed E-state index contributed by atoms with van der Waals surface area (Å²) < 4.78 is 79.3. The van der Waals surface area contributed by atoms with E-state index in [4.69, 9.17) is 0 Å². The lowest BCUT2D eigenvalue weighted by molar-refractivity contribution is -0.143. The van der Waals surface area contributed by atoms with Crippen LogP contribution in [-0.2, 0) is 34.8 Å². The summed E-state index contributed by atoms with van der Waals surface area (Å²) in [5, 5.41) is 0.846. The van der Waals surface area contributed by atoms with Crippen molar-refractivity contribution in [2.75, 3.05) is 20.6 Å². The largest absolute Gasteiger partial charge is 0.416 e. The van der Waals surface area contributed by atoms with Crippen molar-refractivity contribution < 1.29 is 35.9 Å². The number of H-pyrrole nitrogens is 1. The molecule has 0 bridgehead atoms. The highest BCUT2D eigenvalue weighted by atomic mass is 19.4. The summed E-state index contributed by atoms with van der Waals surface area (Å²) in [6.45, 7) is 0.769. The zero-order valence-corrected chi connectivity index (χ0v) is 21.2. The maximum atomic E-state index is 13.2. The van der Waals surface area contributed by atoms with E-state index in [1.807, 2.05) is 43.3 Å². The van der Waals surface area contributed by atoms with Crippen molar-refractivity contribution in [3.63, 3.8) is 0 Å². The minimum absolute atomic E-state index is 0.0579. The Balaban J connectivity index is 1.81. The number of benzene rings is 2. The number of hydrogen-bond acceptors (Lipinski definition) is 3. The van der Waals surface area contributed by atoms with Gasteiger partial charge in [-0.25, -0.2) is 0 Å². The van der Waals surface area contributed by atoms with E-state index in [1.54, 1.807) is 6.20 Å². The minimum Gasteiger partial charge on any atom is -0.361 e. The molecule has 0 fully saturated rings. The standard InChI is InChI=1S/C28H30F6N2O2/c1-36(2)12-6-5-9-25(37)23(15-19-17-35-24-8-4-3-7-22(19)24)26(38)11-10-18-13-20(27(29,30)31)16-21(14-18)28(32,33)34/h3-4,7-8,13-14,16-17,23,35H,5-6,9-12,15H2,1-2H3/t23-/m0/s1. The number of para-hydroxylation sites is 1. The number of halogens is 6. The van der Waals surface area contributed by atoms with Crippen molar-refractivity contribution in [3.05, 3.63) is 70.9 Å². The predicted molar refractivity (Wildman–Crippen MR) is 133 cm³/mol. The van der Waals surface area contributed by atoms with Gasteiger partial charge in [-0.1, -0.05) is 18.2 Å². The van der Waals surface area contributed by atoms with E-state index in [1.165, 1.54) is 0 Å². The van der Waals surface area contributed by atoms with Crippen LogP contribution >= 0.6 is 0 Å². The van der Waals surface area contributed by atoms with Crippen molar-refractivity contribution in [1.82, 2.24) is 9.88 Å². The molecule has 0 spiro atoms. The Bertz CT molecular complexity index is 1230. The highest BCUT2D eigenvalue weighted by Gasteiger charge is 2.37. The molecule has 38 heavy (non-hydrogen) atoms. The van der Waals surface area contributed by atoms with Crippen LogP contribution in [0, 0.1) is 5.92 Å². The molecule has 0 aliphatic carbocycles. The second kappa shape index (κ2) is 12.1. The number of nitrogens with one attached hydrogen (secondary N) is 1. The summed E-state index contributed by atoms with van der Waals surface area (Å²) in [5.74, 6) is -1.82. The van der Waals surface area contributed by atoms with Gasteiger partial charge in [0.25, 0.3) is 0 Å². The van der Waals surface area contributed by atoms with E-state index in [2.05, 4.69) is 4.98 Å². The first-order valence-electron chi connectivity index (χ1n) is 12.3. The van der Waals surface area contributed by atoms with Gasteiger partial charge in [0.2, 0.25) is 0 Å². The number of fused-ring (bicyclic) bond motifs is 1. The first-order chi connectivity index (χ1) is 17.8. The summed E-state index contributed by atoms with van der Waals surface area (Å²) in [7, 11) is 3.81. The summed E-state index contributed by atoms with van der Waals surface area (Å²) in [5.41, 5.74) is -1.54. The van der Waals surface area contributed by atoms with Crippen molar-refractivity contribution in [2.24, 2.45) is 5.92 Å². The Morgan fingerprint density at radius 2 is 1.47 bits per heavy atom. The molecule has 1 aromatic heterocycles. The van der Waals surface area contributed by atoms with Crippen molar-refractivity contribution in [2.45, 2.75) is 50.9 Å². The Labute approximate surface area is 217 Å². The molecule has 206 valence electrons. The monoisotopic (exact) mass is 540 g/mol. The molecule has 1 N–H and O–H groups in total. The molecular weight excluding hydrogens is 510 g/mol. The second-order valence-corrected chi connectivity index (χ2v) is 9.72. The number of ketones is 2. The van der Waals surface area contributed by atoms with Crippen LogP contribution in [0.25, 0.3) is 10.9 Å². The van der Waals surface area contributed by atoms with Crippen LogP contribution in [0.5, 0.6) is 0 Å². The molecule has 0 unspecified atom stereocenters.